The van der Waals surface area contributed by atoms with E-state index in [1.807, 2.05) is 25.1 Å². The maximum atomic E-state index is 9.66. The number of rotatable bonds is 7. The Kier molecular flexibility index (Phi) is 6.39. The van der Waals surface area contributed by atoms with Crippen LogP contribution < -0.4 is 10.4 Å². The van der Waals surface area contributed by atoms with Crippen molar-refractivity contribution in [3.8, 4) is 0 Å². The van der Waals surface area contributed by atoms with Gasteiger partial charge in [0.25, 0.3) is 8.32 Å². The van der Waals surface area contributed by atoms with Crippen molar-refractivity contribution < 1.29 is 9.53 Å². The molecule has 0 amide bonds. The molecule has 0 aliphatic carbocycles. The molecule has 2 atom stereocenters. The van der Waals surface area contributed by atoms with Crippen LogP contribution in [0.3, 0.4) is 0 Å². The summed E-state index contributed by atoms with van der Waals surface area (Å²) in [6, 6.07) is 21.1. The molecule has 134 valence electrons. The van der Waals surface area contributed by atoms with Crippen LogP contribution in [0.2, 0.25) is 5.04 Å². The van der Waals surface area contributed by atoms with Crippen LogP contribution in [0, 0.1) is 5.92 Å². The van der Waals surface area contributed by atoms with Crippen molar-refractivity contribution in [1.29, 1.82) is 0 Å². The van der Waals surface area contributed by atoms with Crippen molar-refractivity contribution in [1.82, 2.24) is 0 Å². The average molecular weight is 355 g/mol. The zero-order chi connectivity index (χ0) is 18.5. The quantitative estimate of drug-likeness (QED) is 0.606. The van der Waals surface area contributed by atoms with Crippen LogP contribution in [0.1, 0.15) is 27.7 Å². The molecular weight excluding hydrogens is 324 g/mol. The van der Waals surface area contributed by atoms with Gasteiger partial charge in [0.05, 0.1) is 6.10 Å². The Bertz CT molecular complexity index is 622. The van der Waals surface area contributed by atoms with Crippen LogP contribution in [-0.2, 0) is 4.43 Å². The second-order valence-corrected chi connectivity index (χ2v) is 11.9. The molecule has 2 nitrogen and oxygen atoms in total. The molecule has 2 aromatic carbocycles. The van der Waals surface area contributed by atoms with Gasteiger partial charge in [0.1, 0.15) is 0 Å². The Morgan fingerprint density at radius 1 is 1.00 bits per heavy atom. The van der Waals surface area contributed by atoms with Crippen LogP contribution in [0.15, 0.2) is 73.3 Å². The van der Waals surface area contributed by atoms with Gasteiger partial charge < -0.3 is 9.53 Å². The van der Waals surface area contributed by atoms with Gasteiger partial charge in [-0.1, -0.05) is 94.4 Å². The molecule has 2 aromatic rings. The minimum atomic E-state index is -2.59. The molecule has 0 aromatic heterocycles. The highest BCUT2D eigenvalue weighted by atomic mass is 28.4. The minimum Gasteiger partial charge on any atom is -0.401 e. The minimum absolute atomic E-state index is 0.000788. The van der Waals surface area contributed by atoms with Gasteiger partial charge in [-0.3, -0.25) is 0 Å². The first-order chi connectivity index (χ1) is 11.9. The van der Waals surface area contributed by atoms with Crippen LogP contribution in [-0.4, -0.2) is 26.1 Å². The highest BCUT2D eigenvalue weighted by molar-refractivity contribution is 6.99. The van der Waals surface area contributed by atoms with Gasteiger partial charge in [0.2, 0.25) is 0 Å². The van der Waals surface area contributed by atoms with Gasteiger partial charge in [-0.05, 0) is 15.4 Å². The molecule has 0 aliphatic rings. The lowest BCUT2D eigenvalue weighted by Gasteiger charge is -2.45. The maximum Gasteiger partial charge on any atom is 0.261 e. The molecule has 25 heavy (non-hydrogen) atoms. The molecular formula is C22H30O2Si. The van der Waals surface area contributed by atoms with Gasteiger partial charge in [-0.25, -0.2) is 0 Å². The lowest BCUT2D eigenvalue weighted by molar-refractivity contribution is 0.121. The van der Waals surface area contributed by atoms with Crippen molar-refractivity contribution in [3.63, 3.8) is 0 Å². The Hall–Kier alpha value is -1.68. The summed E-state index contributed by atoms with van der Waals surface area (Å²) in [6.07, 6.45) is 1.64. The second-order valence-electron chi connectivity index (χ2n) is 7.64. The van der Waals surface area contributed by atoms with Crippen molar-refractivity contribution >= 4 is 18.7 Å². The fourth-order valence-corrected chi connectivity index (χ4v) is 8.15. The smallest absolute Gasteiger partial charge is 0.261 e. The summed E-state index contributed by atoms with van der Waals surface area (Å²) < 4.78 is 6.94. The predicted molar refractivity (Wildman–Crippen MR) is 109 cm³/mol. The van der Waals surface area contributed by atoms with Crippen LogP contribution in [0.25, 0.3) is 0 Å². The van der Waals surface area contributed by atoms with Gasteiger partial charge in [-0.2, -0.15) is 0 Å². The van der Waals surface area contributed by atoms with Crippen molar-refractivity contribution in [3.05, 3.63) is 73.3 Å². The molecule has 0 aliphatic heterocycles. The number of benzene rings is 2. The third-order valence-electron chi connectivity index (χ3n) is 4.81. The number of hydrogen-bond donors (Lipinski definition) is 1. The third kappa shape index (κ3) is 3.95. The summed E-state index contributed by atoms with van der Waals surface area (Å²) in [5.41, 5.74) is 0. The van der Waals surface area contributed by atoms with Crippen LogP contribution >= 0.6 is 0 Å². The Labute approximate surface area is 153 Å². The molecule has 0 spiro atoms. The Morgan fingerprint density at radius 2 is 1.44 bits per heavy atom. The lowest BCUT2D eigenvalue weighted by Crippen LogP contribution is -2.68. The van der Waals surface area contributed by atoms with E-state index in [1.165, 1.54) is 10.4 Å². The van der Waals surface area contributed by atoms with E-state index in [2.05, 4.69) is 75.9 Å². The number of aliphatic hydroxyl groups is 1. The van der Waals surface area contributed by atoms with E-state index in [1.54, 1.807) is 0 Å². The molecule has 0 saturated heterocycles. The van der Waals surface area contributed by atoms with Gasteiger partial charge >= 0.3 is 0 Å². The van der Waals surface area contributed by atoms with Crippen LogP contribution in [0.4, 0.5) is 0 Å². The van der Waals surface area contributed by atoms with E-state index in [-0.39, 0.29) is 23.7 Å². The first kappa shape index (κ1) is 19.6. The third-order valence-corrected chi connectivity index (χ3v) is 9.84. The highest BCUT2D eigenvalue weighted by Crippen LogP contribution is 2.38. The summed E-state index contributed by atoms with van der Waals surface area (Å²) in [5, 5.41) is 12.1. The van der Waals surface area contributed by atoms with Gasteiger partial charge in [0, 0.05) is 12.5 Å². The summed E-state index contributed by atoms with van der Waals surface area (Å²) in [4.78, 5) is 0. The average Bonchev–Trinajstić information content (AvgIpc) is 2.62. The van der Waals surface area contributed by atoms with Gasteiger partial charge in [-0.15, -0.1) is 6.58 Å². The molecule has 1 N–H and O–H groups in total. The molecule has 0 bridgehead atoms. The highest BCUT2D eigenvalue weighted by Gasteiger charge is 2.51. The van der Waals surface area contributed by atoms with E-state index in [4.69, 9.17) is 4.43 Å². The predicted octanol–water partition coefficient (Wildman–Crippen LogP) is 3.75. The summed E-state index contributed by atoms with van der Waals surface area (Å²) in [7, 11) is -2.59. The summed E-state index contributed by atoms with van der Waals surface area (Å²) in [6.45, 7) is 12.8. The standard InChI is InChI=1S/C22H30O2Si/c1-6-21(18(2)17-23)24-25(22(3,4)5,19-13-9-7-10-14-19)20-15-11-8-12-16-20/h6-16,18,21,23H,1,17H2,2-5H3/t18-,21-/m0/s1. The molecule has 0 fully saturated rings. The van der Waals surface area contributed by atoms with E-state index >= 15 is 0 Å². The van der Waals surface area contributed by atoms with E-state index in [9.17, 15) is 5.11 Å². The van der Waals surface area contributed by atoms with E-state index < -0.39 is 8.32 Å². The van der Waals surface area contributed by atoms with E-state index in [0.29, 0.717) is 0 Å². The molecule has 0 radical (unpaired) electrons. The Balaban J connectivity index is 2.70. The van der Waals surface area contributed by atoms with Crippen LogP contribution in [0.5, 0.6) is 0 Å². The maximum absolute atomic E-state index is 9.66. The van der Waals surface area contributed by atoms with Crippen molar-refractivity contribution in [2.45, 2.75) is 38.8 Å². The largest absolute Gasteiger partial charge is 0.401 e. The van der Waals surface area contributed by atoms with Crippen molar-refractivity contribution in [2.24, 2.45) is 5.92 Å². The fraction of sp³-hybridized carbons (Fsp3) is 0.364. The second kappa shape index (κ2) is 8.13. The topological polar surface area (TPSA) is 29.5 Å². The SMILES string of the molecule is C=C[C@H](O[Si](c1ccccc1)(c1ccccc1)C(C)(C)C)[C@@H](C)CO. The number of hydrogen-bond acceptors (Lipinski definition) is 2. The lowest BCUT2D eigenvalue weighted by atomic mass is 10.1. The Morgan fingerprint density at radius 3 is 1.76 bits per heavy atom. The molecule has 0 saturated carbocycles. The van der Waals surface area contributed by atoms with Gasteiger partial charge in [0.15, 0.2) is 0 Å². The zero-order valence-electron chi connectivity index (χ0n) is 15.8. The molecule has 3 heteroatoms. The number of aliphatic hydroxyl groups excluding tert-OH is 1. The normalized spacial score (nSPS) is 14.8. The molecule has 0 heterocycles. The fourth-order valence-electron chi connectivity index (χ4n) is 3.40. The molecule has 0 unspecified atom stereocenters. The monoisotopic (exact) mass is 354 g/mol. The summed E-state index contributed by atoms with van der Waals surface area (Å²) >= 11 is 0. The van der Waals surface area contributed by atoms with E-state index in [0.717, 1.165) is 0 Å². The zero-order valence-corrected chi connectivity index (χ0v) is 16.8. The molecule has 2 rings (SSSR count). The summed E-state index contributed by atoms with van der Waals surface area (Å²) in [5.74, 6) is -0.000788. The first-order valence-corrected chi connectivity index (χ1v) is 10.8. The van der Waals surface area contributed by atoms with Crippen molar-refractivity contribution in [2.75, 3.05) is 6.61 Å². The first-order valence-electron chi connectivity index (χ1n) is 8.89.